The third kappa shape index (κ3) is 23.8. The SMILES string of the molecule is NCCCC[C@H](NC(=O)[C@H](CCCCN)NC(=O)[C@H](CCC(=O)O)NC(=O)[C@H](CCCCN)NC(=O)[C@H](CC(N)=O)NC(=O)[C@H](CCCCN)NC(=O)[C@@H](N)CS)C(=O)O. The Balaban J connectivity index is 6.48. The van der Waals surface area contributed by atoms with Crippen molar-refractivity contribution in [2.45, 2.75) is 139 Å². The summed E-state index contributed by atoms with van der Waals surface area (Å²) in [4.78, 5) is 116. The van der Waals surface area contributed by atoms with E-state index in [9.17, 15) is 53.4 Å². The van der Waals surface area contributed by atoms with Crippen molar-refractivity contribution in [1.29, 1.82) is 0 Å². The summed E-state index contributed by atoms with van der Waals surface area (Å²) in [6.45, 7) is 1.08. The van der Waals surface area contributed by atoms with E-state index in [-0.39, 0.29) is 50.9 Å². The Morgan fingerprint density at radius 2 is 0.750 bits per heavy atom. The summed E-state index contributed by atoms with van der Waals surface area (Å²) in [5, 5.41) is 33.8. The van der Waals surface area contributed by atoms with Gasteiger partial charge in [0.1, 0.15) is 36.3 Å². The van der Waals surface area contributed by atoms with E-state index in [1.54, 1.807) is 0 Å². The monoisotopic (exact) mass is 876 g/mol. The number of carboxylic acids is 2. The minimum absolute atomic E-state index is 0.0216. The number of nitrogens with one attached hydrogen (secondary N) is 6. The predicted molar refractivity (Wildman–Crippen MR) is 223 cm³/mol. The molecule has 0 aliphatic rings. The van der Waals surface area contributed by atoms with Crippen LogP contribution in [0.2, 0.25) is 0 Å². The maximum Gasteiger partial charge on any atom is 0.326 e. The van der Waals surface area contributed by atoms with Crippen molar-refractivity contribution in [3.63, 3.8) is 0 Å². The Kier molecular flexibility index (Phi) is 29.7. The molecule has 0 rings (SSSR count). The molecule has 0 radical (unpaired) electrons. The summed E-state index contributed by atoms with van der Waals surface area (Å²) in [5.41, 5.74) is 33.5. The lowest BCUT2D eigenvalue weighted by Crippen LogP contribution is -2.60. The molecule has 0 saturated carbocycles. The first-order valence-corrected chi connectivity index (χ1v) is 20.8. The van der Waals surface area contributed by atoms with Crippen molar-refractivity contribution in [3.05, 3.63) is 0 Å². The second-order valence-corrected chi connectivity index (χ2v) is 14.6. The van der Waals surface area contributed by atoms with Gasteiger partial charge in [0, 0.05) is 12.2 Å². The summed E-state index contributed by atoms with van der Waals surface area (Å²) < 4.78 is 0. The van der Waals surface area contributed by atoms with Gasteiger partial charge >= 0.3 is 11.9 Å². The van der Waals surface area contributed by atoms with Gasteiger partial charge in [-0.15, -0.1) is 0 Å². The Bertz CT molecular complexity index is 1400. The highest BCUT2D eigenvalue weighted by molar-refractivity contribution is 7.80. The molecular weight excluding hydrogens is 809 g/mol. The minimum Gasteiger partial charge on any atom is -0.481 e. The largest absolute Gasteiger partial charge is 0.481 e. The molecule has 60 heavy (non-hydrogen) atoms. The first-order valence-electron chi connectivity index (χ1n) is 20.2. The summed E-state index contributed by atoms with van der Waals surface area (Å²) in [7, 11) is 0. The molecule has 7 atom stereocenters. The zero-order valence-corrected chi connectivity index (χ0v) is 35.1. The van der Waals surface area contributed by atoms with Gasteiger partial charge in [-0.05, 0) is 110 Å². The number of rotatable bonds is 35. The molecule has 20 N–H and O–H groups in total. The fraction of sp³-hybridized carbons (Fsp3) is 0.750. The fourth-order valence-corrected chi connectivity index (χ4v) is 5.87. The lowest BCUT2D eigenvalue weighted by Gasteiger charge is -2.27. The quantitative estimate of drug-likeness (QED) is 0.0211. The number of thiol groups is 1. The first kappa shape index (κ1) is 55.4. The molecule has 0 fully saturated rings. The van der Waals surface area contributed by atoms with E-state index < -0.39 is 115 Å². The average molecular weight is 877 g/mol. The normalized spacial score (nSPS) is 14.5. The standard InChI is InChI=1S/C36H68N12O11S/c37-15-5-1-9-22(43-30(52)21(41)20-60)33(55)48-27(19-28(42)49)35(57)45-23(10-2-6-16-38)31(53)46-25(13-14-29(50)51)34(56)44-24(11-3-7-17-39)32(54)47-26(36(58)59)12-4-8-18-40/h21-27,60H,1-20,37-41H2,(H2,42,49)(H,43,52)(H,44,56)(H,45,57)(H,46,53)(H,47,54)(H,48,55)(H,50,51)(H,58,59)/t21-,22-,23-,24-,25-,26-,27-/m0/s1. The zero-order chi connectivity index (χ0) is 45.6. The number of aliphatic carboxylic acids is 2. The van der Waals surface area contributed by atoms with Gasteiger partial charge in [-0.2, -0.15) is 12.6 Å². The van der Waals surface area contributed by atoms with Crippen LogP contribution in [0.1, 0.15) is 96.3 Å². The number of carbonyl (C=O) groups is 9. The van der Waals surface area contributed by atoms with Crippen molar-refractivity contribution < 1.29 is 53.4 Å². The summed E-state index contributed by atoms with van der Waals surface area (Å²) in [6, 6.07) is -9.51. The van der Waals surface area contributed by atoms with Crippen LogP contribution >= 0.6 is 12.6 Å². The van der Waals surface area contributed by atoms with Gasteiger partial charge in [0.05, 0.1) is 12.5 Å². The van der Waals surface area contributed by atoms with Gasteiger partial charge in [0.15, 0.2) is 0 Å². The third-order valence-electron chi connectivity index (χ3n) is 9.15. The number of hydrogen-bond donors (Lipinski definition) is 15. The Morgan fingerprint density at radius 1 is 0.450 bits per heavy atom. The lowest BCUT2D eigenvalue weighted by atomic mass is 10.0. The molecule has 23 nitrogen and oxygen atoms in total. The molecule has 0 heterocycles. The zero-order valence-electron chi connectivity index (χ0n) is 34.2. The van der Waals surface area contributed by atoms with Gasteiger partial charge in [0.25, 0.3) is 0 Å². The van der Waals surface area contributed by atoms with Crippen LogP contribution in [-0.4, -0.2) is 138 Å². The molecule has 0 aliphatic carbocycles. The molecule has 0 bridgehead atoms. The number of nitrogens with two attached hydrogens (primary N) is 6. The van der Waals surface area contributed by atoms with Crippen molar-refractivity contribution in [2.75, 3.05) is 31.9 Å². The van der Waals surface area contributed by atoms with Gasteiger partial charge in [-0.1, -0.05) is 0 Å². The molecule has 0 aromatic carbocycles. The van der Waals surface area contributed by atoms with Crippen molar-refractivity contribution in [2.24, 2.45) is 34.4 Å². The van der Waals surface area contributed by atoms with E-state index in [1.807, 2.05) is 0 Å². The summed E-state index contributed by atoms with van der Waals surface area (Å²) >= 11 is 4.00. The topological polar surface area (TPSA) is 422 Å². The predicted octanol–water partition coefficient (Wildman–Crippen LogP) is -4.51. The number of amides is 7. The molecule has 0 saturated heterocycles. The molecule has 0 aromatic heterocycles. The molecular formula is C36H68N12O11S. The number of primary amides is 1. The van der Waals surface area contributed by atoms with E-state index in [2.05, 4.69) is 44.5 Å². The van der Waals surface area contributed by atoms with Crippen LogP contribution in [0.25, 0.3) is 0 Å². The van der Waals surface area contributed by atoms with E-state index in [4.69, 9.17) is 34.4 Å². The van der Waals surface area contributed by atoms with Crippen LogP contribution in [0.5, 0.6) is 0 Å². The minimum atomic E-state index is -1.64. The van der Waals surface area contributed by atoms with Crippen LogP contribution in [0.4, 0.5) is 0 Å². The highest BCUT2D eigenvalue weighted by Gasteiger charge is 2.34. The Hall–Kier alpha value is -4.62. The Labute approximate surface area is 355 Å². The van der Waals surface area contributed by atoms with Gasteiger partial charge in [-0.25, -0.2) is 4.79 Å². The van der Waals surface area contributed by atoms with Gasteiger partial charge in [-0.3, -0.25) is 38.4 Å². The molecule has 0 spiro atoms. The smallest absolute Gasteiger partial charge is 0.326 e. The number of hydrogen-bond acceptors (Lipinski definition) is 15. The van der Waals surface area contributed by atoms with Crippen LogP contribution in [0, 0.1) is 0 Å². The summed E-state index contributed by atoms with van der Waals surface area (Å²) in [5.74, 6) is -9.00. The van der Waals surface area contributed by atoms with Crippen molar-refractivity contribution >= 4 is 65.9 Å². The van der Waals surface area contributed by atoms with Crippen molar-refractivity contribution in [1.82, 2.24) is 31.9 Å². The molecule has 0 aliphatic heterocycles. The highest BCUT2D eigenvalue weighted by Crippen LogP contribution is 2.10. The number of carboxylic acid groups (broad SMARTS) is 2. The molecule has 0 unspecified atom stereocenters. The maximum atomic E-state index is 13.8. The van der Waals surface area contributed by atoms with Crippen molar-refractivity contribution in [3.8, 4) is 0 Å². The maximum absolute atomic E-state index is 13.8. The lowest BCUT2D eigenvalue weighted by molar-refractivity contribution is -0.142. The van der Waals surface area contributed by atoms with E-state index in [0.29, 0.717) is 58.0 Å². The van der Waals surface area contributed by atoms with Gasteiger partial charge < -0.3 is 76.5 Å². The third-order valence-corrected chi connectivity index (χ3v) is 9.55. The molecule has 7 amide bonds. The fourth-order valence-electron chi connectivity index (χ4n) is 5.71. The Morgan fingerprint density at radius 3 is 1.07 bits per heavy atom. The van der Waals surface area contributed by atoms with E-state index in [0.717, 1.165) is 0 Å². The van der Waals surface area contributed by atoms with Gasteiger partial charge in [0.2, 0.25) is 41.4 Å². The second-order valence-electron chi connectivity index (χ2n) is 14.2. The van der Waals surface area contributed by atoms with Crippen LogP contribution < -0.4 is 66.3 Å². The van der Waals surface area contributed by atoms with Crippen LogP contribution in [0.15, 0.2) is 0 Å². The number of unbranched alkanes of at least 4 members (excludes halogenated alkanes) is 4. The molecule has 344 valence electrons. The average Bonchev–Trinajstić information content (AvgIpc) is 3.19. The molecule has 0 aromatic rings. The van der Waals surface area contributed by atoms with Crippen LogP contribution in [-0.2, 0) is 43.2 Å². The first-order chi connectivity index (χ1) is 28.4. The number of carbonyl (C=O) groups excluding carboxylic acids is 7. The van der Waals surface area contributed by atoms with E-state index >= 15 is 0 Å². The second kappa shape index (κ2) is 32.2. The van der Waals surface area contributed by atoms with Crippen LogP contribution in [0.3, 0.4) is 0 Å². The summed E-state index contributed by atoms with van der Waals surface area (Å²) in [6.07, 6.45) is 1.59. The highest BCUT2D eigenvalue weighted by atomic mass is 32.1. The van der Waals surface area contributed by atoms with E-state index in [1.165, 1.54) is 0 Å². The molecule has 24 heteroatoms.